The predicted octanol–water partition coefficient (Wildman–Crippen LogP) is 7.74. The van der Waals surface area contributed by atoms with Crippen LogP contribution in [0.15, 0.2) is 59.6 Å². The molecule has 0 spiro atoms. The molecule has 0 unspecified atom stereocenters. The number of rotatable bonds is 8. The summed E-state index contributed by atoms with van der Waals surface area (Å²) in [6, 6.07) is 18.4. The van der Waals surface area contributed by atoms with Crippen molar-refractivity contribution >= 4 is 17.6 Å². The fourth-order valence-electron chi connectivity index (χ4n) is 8.64. The summed E-state index contributed by atoms with van der Waals surface area (Å²) in [7, 11) is 0. The monoisotopic (exact) mass is 620 g/mol. The van der Waals surface area contributed by atoms with Crippen LogP contribution in [0.4, 0.5) is 5.82 Å². The smallest absolute Gasteiger partial charge is 0.228 e. The van der Waals surface area contributed by atoms with Crippen LogP contribution in [0, 0.1) is 5.92 Å². The number of aliphatic hydroxyl groups excluding tert-OH is 1. The van der Waals surface area contributed by atoms with Gasteiger partial charge in [-0.1, -0.05) is 101 Å². The van der Waals surface area contributed by atoms with Gasteiger partial charge in [0.05, 0.1) is 18.6 Å². The van der Waals surface area contributed by atoms with Crippen molar-refractivity contribution < 1.29 is 9.90 Å². The number of aliphatic hydroxyl groups is 1. The lowest BCUT2D eigenvalue weighted by Gasteiger charge is -2.31. The van der Waals surface area contributed by atoms with E-state index in [1.807, 2.05) is 30.3 Å². The highest BCUT2D eigenvalue weighted by Crippen LogP contribution is 2.47. The summed E-state index contributed by atoms with van der Waals surface area (Å²) in [6.45, 7) is 7.80. The molecule has 4 aliphatic rings. The molecule has 1 aromatic heterocycles. The van der Waals surface area contributed by atoms with Crippen molar-refractivity contribution in [3.05, 3.63) is 88.1 Å². The molecule has 0 radical (unpaired) electrons. The number of carbonyl (C=O) groups is 1. The fourth-order valence-corrected chi connectivity index (χ4v) is 8.64. The van der Waals surface area contributed by atoms with Crippen LogP contribution >= 0.6 is 0 Å². The van der Waals surface area contributed by atoms with E-state index in [0.29, 0.717) is 5.92 Å². The zero-order valence-corrected chi connectivity index (χ0v) is 27.9. The van der Waals surface area contributed by atoms with E-state index in [0.717, 1.165) is 62.9 Å². The lowest BCUT2D eigenvalue weighted by molar-refractivity contribution is -0.125. The molecule has 46 heavy (non-hydrogen) atoms. The van der Waals surface area contributed by atoms with Crippen molar-refractivity contribution in [2.45, 2.75) is 115 Å². The molecule has 2 aliphatic heterocycles. The van der Waals surface area contributed by atoms with Crippen LogP contribution < -0.4 is 5.32 Å². The van der Waals surface area contributed by atoms with Crippen LogP contribution in [-0.2, 0) is 29.6 Å². The van der Waals surface area contributed by atoms with Crippen molar-refractivity contribution in [1.29, 1.82) is 0 Å². The zero-order chi connectivity index (χ0) is 31.7. The molecule has 3 aromatic rings. The highest BCUT2D eigenvalue weighted by molar-refractivity contribution is 5.90. The number of nitrogens with one attached hydrogen (secondary N) is 1. The van der Waals surface area contributed by atoms with E-state index in [9.17, 15) is 9.90 Å². The molecule has 6 nitrogen and oxygen atoms in total. The van der Waals surface area contributed by atoms with Crippen molar-refractivity contribution in [2.24, 2.45) is 10.9 Å². The highest BCUT2D eigenvalue weighted by atomic mass is 16.3. The van der Waals surface area contributed by atoms with Gasteiger partial charge in [0, 0.05) is 42.7 Å². The second-order valence-electron chi connectivity index (χ2n) is 15.0. The molecule has 244 valence electrons. The van der Waals surface area contributed by atoms with E-state index >= 15 is 0 Å². The first-order valence-corrected chi connectivity index (χ1v) is 18.0. The summed E-state index contributed by atoms with van der Waals surface area (Å²) in [5.41, 5.74) is 7.95. The fraction of sp³-hybridized carbons (Fsp3) is 0.550. The van der Waals surface area contributed by atoms with Crippen LogP contribution in [0.1, 0.15) is 124 Å². The molecule has 1 amide bonds. The molecule has 1 saturated carbocycles. The second kappa shape index (κ2) is 13.4. The quantitative estimate of drug-likeness (QED) is 0.154. The third-order valence-corrected chi connectivity index (χ3v) is 11.2. The van der Waals surface area contributed by atoms with E-state index in [-0.39, 0.29) is 23.8 Å². The molecular weight excluding hydrogens is 568 g/mol. The Morgan fingerprint density at radius 1 is 0.913 bits per heavy atom. The Hall–Kier alpha value is -3.38. The van der Waals surface area contributed by atoms with Gasteiger partial charge in [-0.05, 0) is 66.7 Å². The van der Waals surface area contributed by atoms with Crippen molar-refractivity contribution in [3.63, 3.8) is 0 Å². The molecule has 2 atom stereocenters. The average molecular weight is 621 g/mol. The number of aliphatic imine (C=N–C) groups is 1. The molecule has 0 bridgehead atoms. The molecule has 7 rings (SSSR count). The van der Waals surface area contributed by atoms with Gasteiger partial charge in [0.25, 0.3) is 0 Å². The number of nitrogens with zero attached hydrogens (tertiary/aromatic N) is 3. The standard InChI is InChI=1S/C40H52N4O2/c1-40(2)25-35(43-23-24-43)42-38-37(40)32-17-11-6-12-18-34(32)44(38)26-28-19-21-31(22-20-28)36(30-15-7-3-4-8-16-30)39(46)41-33(27-45)29-13-9-5-10-14-29/h5,9-10,13-14,19-22,30,33,36,45H,3-4,6-8,11-12,15-18,23-27H2,1-2H3,(H,41,46)/t33-,36-/m0/s1. The number of amidine groups is 1. The van der Waals surface area contributed by atoms with Crippen molar-refractivity contribution in [1.82, 2.24) is 14.8 Å². The van der Waals surface area contributed by atoms with E-state index in [1.54, 1.807) is 5.56 Å². The number of aromatic nitrogens is 1. The van der Waals surface area contributed by atoms with Crippen LogP contribution in [0.2, 0.25) is 0 Å². The minimum Gasteiger partial charge on any atom is -0.394 e. The number of hydrogen-bond acceptors (Lipinski definition) is 4. The van der Waals surface area contributed by atoms with Crippen molar-refractivity contribution in [3.8, 4) is 0 Å². The first-order chi connectivity index (χ1) is 22.4. The third kappa shape index (κ3) is 6.43. The molecule has 2 N–H and O–H groups in total. The maximum absolute atomic E-state index is 14.1. The summed E-state index contributed by atoms with van der Waals surface area (Å²) >= 11 is 0. The van der Waals surface area contributed by atoms with Crippen molar-refractivity contribution in [2.75, 3.05) is 19.7 Å². The molecule has 1 saturated heterocycles. The Morgan fingerprint density at radius 3 is 2.30 bits per heavy atom. The third-order valence-electron chi connectivity index (χ3n) is 11.2. The molecule has 6 heteroatoms. The van der Waals surface area contributed by atoms with Crippen LogP contribution in [0.25, 0.3) is 0 Å². The van der Waals surface area contributed by atoms with Gasteiger partial charge in [0.1, 0.15) is 11.7 Å². The highest BCUT2D eigenvalue weighted by Gasteiger charge is 2.40. The summed E-state index contributed by atoms with van der Waals surface area (Å²) in [5, 5.41) is 13.5. The van der Waals surface area contributed by atoms with Gasteiger partial charge in [0.2, 0.25) is 5.91 Å². The minimum atomic E-state index is -0.405. The van der Waals surface area contributed by atoms with Crippen LogP contribution in [0.5, 0.6) is 0 Å². The normalized spacial score (nSPS) is 20.8. The molecule has 2 aliphatic carbocycles. The van der Waals surface area contributed by atoms with Gasteiger partial charge in [-0.3, -0.25) is 4.79 Å². The lowest BCUT2D eigenvalue weighted by atomic mass is 9.77. The van der Waals surface area contributed by atoms with Gasteiger partial charge in [-0.15, -0.1) is 0 Å². The first kappa shape index (κ1) is 31.2. The Bertz CT molecular complexity index is 1540. The molecule has 3 heterocycles. The minimum absolute atomic E-state index is 0.0338. The first-order valence-electron chi connectivity index (χ1n) is 18.0. The largest absolute Gasteiger partial charge is 0.394 e. The number of fused-ring (bicyclic) bond motifs is 3. The number of amides is 1. The Morgan fingerprint density at radius 2 is 1.61 bits per heavy atom. The van der Waals surface area contributed by atoms with Crippen LogP contribution in [0.3, 0.4) is 0 Å². The lowest BCUT2D eigenvalue weighted by Crippen LogP contribution is -2.37. The van der Waals surface area contributed by atoms with E-state index < -0.39 is 6.04 Å². The topological polar surface area (TPSA) is 69.6 Å². The molecule has 2 aromatic carbocycles. The maximum Gasteiger partial charge on any atom is 0.228 e. The SMILES string of the molecule is CC1(C)CC(N2CC2)=Nc2c1c1c(n2Cc2ccc([C@@H](C(=O)N[C@@H](CO)c3ccccc3)C3CCCCCC3)cc2)CCCCC1. The molecule has 2 fully saturated rings. The summed E-state index contributed by atoms with van der Waals surface area (Å²) in [6.07, 6.45) is 14.1. The number of carbonyl (C=O) groups excluding carboxylic acids is 1. The van der Waals surface area contributed by atoms with Gasteiger partial charge in [0.15, 0.2) is 0 Å². The summed E-state index contributed by atoms with van der Waals surface area (Å²) < 4.78 is 2.55. The number of hydrogen-bond donors (Lipinski definition) is 2. The summed E-state index contributed by atoms with van der Waals surface area (Å²) in [4.78, 5) is 21.9. The zero-order valence-electron chi connectivity index (χ0n) is 27.9. The van der Waals surface area contributed by atoms with Gasteiger partial charge < -0.3 is 19.9 Å². The van der Waals surface area contributed by atoms with Gasteiger partial charge in [-0.2, -0.15) is 0 Å². The van der Waals surface area contributed by atoms with Gasteiger partial charge in [-0.25, -0.2) is 4.99 Å². The average Bonchev–Trinajstić information content (AvgIpc) is 3.91. The predicted molar refractivity (Wildman–Crippen MR) is 186 cm³/mol. The molecular formula is C40H52N4O2. The summed E-state index contributed by atoms with van der Waals surface area (Å²) in [5.74, 6) is 2.58. The Balaban J connectivity index is 1.19. The number of benzene rings is 2. The van der Waals surface area contributed by atoms with E-state index in [1.165, 1.54) is 73.4 Å². The van der Waals surface area contributed by atoms with E-state index in [4.69, 9.17) is 4.99 Å². The Labute approximate surface area is 275 Å². The maximum atomic E-state index is 14.1. The Kier molecular flexibility index (Phi) is 9.09. The van der Waals surface area contributed by atoms with Crippen LogP contribution in [-0.4, -0.2) is 46.0 Å². The van der Waals surface area contributed by atoms with E-state index in [2.05, 4.69) is 52.9 Å². The second-order valence-corrected chi connectivity index (χ2v) is 15.0. The van der Waals surface area contributed by atoms with Gasteiger partial charge >= 0.3 is 0 Å².